The van der Waals surface area contributed by atoms with Crippen LogP contribution in [0, 0.1) is 5.92 Å². The van der Waals surface area contributed by atoms with Crippen molar-refractivity contribution in [2.24, 2.45) is 5.92 Å². The van der Waals surface area contributed by atoms with Gasteiger partial charge in [-0.25, -0.2) is 0 Å². The van der Waals surface area contributed by atoms with Gasteiger partial charge in [-0.1, -0.05) is 25.0 Å². The summed E-state index contributed by atoms with van der Waals surface area (Å²) in [5.74, 6) is 1.67. The van der Waals surface area contributed by atoms with Gasteiger partial charge in [0, 0.05) is 12.4 Å². The molecule has 0 aromatic carbocycles. The monoisotopic (exact) mass is 173 g/mol. The lowest BCUT2D eigenvalue weighted by Gasteiger charge is -1.98. The van der Waals surface area contributed by atoms with Crippen molar-refractivity contribution in [3.63, 3.8) is 0 Å². The molecule has 64 valence electrons. The first-order chi connectivity index (χ1) is 5.43. The highest BCUT2D eigenvalue weighted by atomic mass is 35.5. The molecule has 1 rings (SSSR count). The molecular formula is C9H16ClN. The van der Waals surface area contributed by atoms with Gasteiger partial charge in [-0.05, 0) is 18.9 Å². The van der Waals surface area contributed by atoms with E-state index in [1.807, 2.05) is 6.08 Å². The van der Waals surface area contributed by atoms with Crippen LogP contribution in [-0.4, -0.2) is 19.0 Å². The lowest BCUT2D eigenvalue weighted by Crippen LogP contribution is -2.15. The lowest BCUT2D eigenvalue weighted by molar-refractivity contribution is 0.644. The largest absolute Gasteiger partial charge is 0.313 e. The Bertz CT molecular complexity index is 119. The van der Waals surface area contributed by atoms with Gasteiger partial charge >= 0.3 is 0 Å². The van der Waals surface area contributed by atoms with E-state index in [2.05, 4.69) is 11.4 Å². The van der Waals surface area contributed by atoms with Crippen LogP contribution < -0.4 is 5.32 Å². The second-order valence-electron chi connectivity index (χ2n) is 3.06. The van der Waals surface area contributed by atoms with Crippen LogP contribution in [0.4, 0.5) is 0 Å². The van der Waals surface area contributed by atoms with Gasteiger partial charge < -0.3 is 5.32 Å². The van der Waals surface area contributed by atoms with Crippen LogP contribution in [0.25, 0.3) is 0 Å². The van der Waals surface area contributed by atoms with Gasteiger partial charge in [-0.3, -0.25) is 0 Å². The van der Waals surface area contributed by atoms with E-state index in [0.29, 0.717) is 5.88 Å². The molecule has 0 aliphatic heterocycles. The Balaban J connectivity index is 1.76. The summed E-state index contributed by atoms with van der Waals surface area (Å²) in [6.45, 7) is 2.14. The Labute approximate surface area is 73.8 Å². The molecule has 1 fully saturated rings. The van der Waals surface area contributed by atoms with Gasteiger partial charge in [0.15, 0.2) is 0 Å². The van der Waals surface area contributed by atoms with Crippen molar-refractivity contribution in [2.75, 3.05) is 19.0 Å². The minimum atomic E-state index is 0.629. The number of nitrogens with one attached hydrogen (secondary N) is 1. The number of alkyl halides is 1. The molecule has 0 radical (unpaired) electrons. The van der Waals surface area contributed by atoms with E-state index in [1.54, 1.807) is 0 Å². The van der Waals surface area contributed by atoms with Crippen LogP contribution in [0.3, 0.4) is 0 Å². The van der Waals surface area contributed by atoms with Crippen molar-refractivity contribution >= 4 is 11.6 Å². The molecule has 0 heterocycles. The van der Waals surface area contributed by atoms with E-state index in [0.717, 1.165) is 19.0 Å². The van der Waals surface area contributed by atoms with E-state index in [9.17, 15) is 0 Å². The summed E-state index contributed by atoms with van der Waals surface area (Å²) in [6.07, 6.45) is 8.33. The van der Waals surface area contributed by atoms with E-state index < -0.39 is 0 Å². The number of rotatable bonds is 6. The molecule has 1 N–H and O–H groups in total. The normalized spacial score (nSPS) is 17.9. The first-order valence-corrected chi connectivity index (χ1v) is 4.88. The van der Waals surface area contributed by atoms with Crippen LogP contribution in [0.1, 0.15) is 19.3 Å². The molecule has 0 atom stereocenters. The van der Waals surface area contributed by atoms with Crippen molar-refractivity contribution in [2.45, 2.75) is 19.3 Å². The average molecular weight is 174 g/mol. The molecule has 1 aliphatic rings. The Kier molecular flexibility index (Phi) is 4.64. The maximum atomic E-state index is 5.46. The van der Waals surface area contributed by atoms with Crippen LogP contribution in [0.2, 0.25) is 0 Å². The molecular weight excluding hydrogens is 158 g/mol. The first-order valence-electron chi connectivity index (χ1n) is 4.35. The standard InChI is InChI=1S/C9H16ClN/c10-6-1-2-7-11-8-5-9-3-4-9/h1-2,9,11H,3-8H2/b2-1+. The van der Waals surface area contributed by atoms with Gasteiger partial charge in [0.1, 0.15) is 0 Å². The van der Waals surface area contributed by atoms with Gasteiger partial charge in [0.2, 0.25) is 0 Å². The summed E-state index contributed by atoms with van der Waals surface area (Å²) in [5, 5.41) is 3.35. The third kappa shape index (κ3) is 5.28. The zero-order valence-corrected chi connectivity index (χ0v) is 7.61. The second-order valence-corrected chi connectivity index (χ2v) is 3.37. The molecule has 0 spiro atoms. The molecule has 0 saturated heterocycles. The molecule has 0 amide bonds. The molecule has 1 saturated carbocycles. The average Bonchev–Trinajstić information content (AvgIpc) is 2.80. The highest BCUT2D eigenvalue weighted by Crippen LogP contribution is 2.31. The smallest absolute Gasteiger partial charge is 0.0404 e. The van der Waals surface area contributed by atoms with E-state index in [1.165, 1.54) is 19.3 Å². The van der Waals surface area contributed by atoms with Gasteiger partial charge in [0.25, 0.3) is 0 Å². The Morgan fingerprint density at radius 1 is 1.36 bits per heavy atom. The fraction of sp³-hybridized carbons (Fsp3) is 0.778. The summed E-state index contributed by atoms with van der Waals surface area (Å²) < 4.78 is 0. The first kappa shape index (κ1) is 9.08. The van der Waals surface area contributed by atoms with Crippen molar-refractivity contribution in [1.82, 2.24) is 5.32 Å². The van der Waals surface area contributed by atoms with Crippen molar-refractivity contribution in [1.29, 1.82) is 0 Å². The maximum absolute atomic E-state index is 5.46. The summed E-state index contributed by atoms with van der Waals surface area (Å²) in [6, 6.07) is 0. The van der Waals surface area contributed by atoms with Crippen LogP contribution in [-0.2, 0) is 0 Å². The number of allylic oxidation sites excluding steroid dienone is 1. The van der Waals surface area contributed by atoms with Crippen LogP contribution in [0.15, 0.2) is 12.2 Å². The molecule has 0 bridgehead atoms. The molecule has 0 aromatic rings. The van der Waals surface area contributed by atoms with Gasteiger partial charge in [-0.2, -0.15) is 0 Å². The zero-order chi connectivity index (χ0) is 7.94. The fourth-order valence-electron chi connectivity index (χ4n) is 1.04. The van der Waals surface area contributed by atoms with Crippen molar-refractivity contribution in [3.05, 3.63) is 12.2 Å². The molecule has 0 unspecified atom stereocenters. The summed E-state index contributed by atoms with van der Waals surface area (Å²) in [4.78, 5) is 0. The maximum Gasteiger partial charge on any atom is 0.0404 e. The fourth-order valence-corrected chi connectivity index (χ4v) is 1.17. The Morgan fingerprint density at radius 3 is 2.82 bits per heavy atom. The third-order valence-electron chi connectivity index (χ3n) is 1.94. The summed E-state index contributed by atoms with van der Waals surface area (Å²) >= 11 is 5.46. The highest BCUT2D eigenvalue weighted by molar-refractivity contribution is 6.18. The molecule has 2 heteroatoms. The molecule has 1 nitrogen and oxygen atoms in total. The second kappa shape index (κ2) is 5.62. The number of hydrogen-bond acceptors (Lipinski definition) is 1. The highest BCUT2D eigenvalue weighted by Gasteiger charge is 2.19. The number of halogens is 1. The predicted molar refractivity (Wildman–Crippen MR) is 50.1 cm³/mol. The van der Waals surface area contributed by atoms with Gasteiger partial charge in [-0.15, -0.1) is 11.6 Å². The minimum absolute atomic E-state index is 0.629. The van der Waals surface area contributed by atoms with Crippen LogP contribution in [0.5, 0.6) is 0 Å². The third-order valence-corrected chi connectivity index (χ3v) is 2.12. The van der Waals surface area contributed by atoms with E-state index in [4.69, 9.17) is 11.6 Å². The zero-order valence-electron chi connectivity index (χ0n) is 6.85. The Morgan fingerprint density at radius 2 is 2.18 bits per heavy atom. The topological polar surface area (TPSA) is 12.0 Å². The minimum Gasteiger partial charge on any atom is -0.313 e. The summed E-state index contributed by atoms with van der Waals surface area (Å²) in [7, 11) is 0. The molecule has 1 aliphatic carbocycles. The molecule has 11 heavy (non-hydrogen) atoms. The van der Waals surface area contributed by atoms with E-state index >= 15 is 0 Å². The SMILES string of the molecule is ClC/C=C/CNCCC1CC1. The summed E-state index contributed by atoms with van der Waals surface area (Å²) in [5.41, 5.74) is 0. The van der Waals surface area contributed by atoms with E-state index in [-0.39, 0.29) is 0 Å². The number of hydrogen-bond donors (Lipinski definition) is 1. The van der Waals surface area contributed by atoms with Crippen molar-refractivity contribution < 1.29 is 0 Å². The lowest BCUT2D eigenvalue weighted by atomic mass is 10.3. The Hall–Kier alpha value is -0.0100. The molecule has 0 aromatic heterocycles. The van der Waals surface area contributed by atoms with Crippen molar-refractivity contribution in [3.8, 4) is 0 Å². The van der Waals surface area contributed by atoms with Crippen LogP contribution >= 0.6 is 11.6 Å². The predicted octanol–water partition coefficient (Wildman–Crippen LogP) is 2.17. The van der Waals surface area contributed by atoms with Gasteiger partial charge in [0.05, 0.1) is 0 Å². The quantitative estimate of drug-likeness (QED) is 0.369.